The van der Waals surface area contributed by atoms with Gasteiger partial charge in [0.1, 0.15) is 0 Å². The molecule has 1 saturated carbocycles. The number of rotatable bonds is 7. The Morgan fingerprint density at radius 1 is 1.17 bits per heavy atom. The van der Waals surface area contributed by atoms with Crippen molar-refractivity contribution in [2.75, 3.05) is 13.1 Å². The number of sulfonamides is 1. The lowest BCUT2D eigenvalue weighted by Crippen LogP contribution is -2.31. The fourth-order valence-corrected chi connectivity index (χ4v) is 3.97. The van der Waals surface area contributed by atoms with Crippen LogP contribution in [0.4, 0.5) is 0 Å². The van der Waals surface area contributed by atoms with E-state index < -0.39 is 10.0 Å². The molecule has 1 fully saturated rings. The molecule has 24 heavy (non-hydrogen) atoms. The second-order valence-electron chi connectivity index (χ2n) is 5.96. The monoisotopic (exact) mass is 343 g/mol. The summed E-state index contributed by atoms with van der Waals surface area (Å²) in [5.74, 6) is 0. The quantitative estimate of drug-likeness (QED) is 0.544. The maximum absolute atomic E-state index is 12.9. The molecule has 0 aliphatic heterocycles. The van der Waals surface area contributed by atoms with Crippen LogP contribution < -0.4 is 0 Å². The lowest BCUT2D eigenvalue weighted by Gasteiger charge is -2.19. The van der Waals surface area contributed by atoms with Crippen LogP contribution in [0.3, 0.4) is 0 Å². The smallest absolute Gasteiger partial charge is 0.207 e. The predicted octanol–water partition coefficient (Wildman–Crippen LogP) is 4.38. The molecular formula is C20H25NO2S. The number of hydrogen-bond donors (Lipinski definition) is 0. The molecular weight excluding hydrogens is 318 g/mol. The van der Waals surface area contributed by atoms with Crippen LogP contribution in [0.25, 0.3) is 0 Å². The van der Waals surface area contributed by atoms with Crippen LogP contribution in [0, 0.1) is 6.92 Å². The summed E-state index contributed by atoms with van der Waals surface area (Å²) >= 11 is 0. The van der Waals surface area contributed by atoms with Crippen LogP contribution in [0.2, 0.25) is 0 Å². The first-order chi connectivity index (χ1) is 11.5. The zero-order valence-corrected chi connectivity index (χ0v) is 15.1. The Hall–Kier alpha value is -1.87. The Labute approximate surface area is 145 Å². The fraction of sp³-hybridized carbons (Fsp3) is 0.350. The highest BCUT2D eigenvalue weighted by atomic mass is 32.2. The summed E-state index contributed by atoms with van der Waals surface area (Å²) < 4.78 is 27.2. The van der Waals surface area contributed by atoms with Crippen LogP contribution in [0.5, 0.6) is 0 Å². The van der Waals surface area contributed by atoms with Gasteiger partial charge in [0.15, 0.2) is 0 Å². The van der Waals surface area contributed by atoms with Crippen LogP contribution >= 0.6 is 0 Å². The summed E-state index contributed by atoms with van der Waals surface area (Å²) in [6.07, 6.45) is 11.6. The van der Waals surface area contributed by atoms with E-state index in [0.29, 0.717) is 18.0 Å². The Kier molecular flexibility index (Phi) is 6.80. The van der Waals surface area contributed by atoms with Gasteiger partial charge < -0.3 is 0 Å². The molecule has 3 nitrogen and oxygen atoms in total. The molecule has 0 heterocycles. The van der Waals surface area contributed by atoms with Gasteiger partial charge >= 0.3 is 0 Å². The molecule has 0 saturated heterocycles. The molecule has 1 aliphatic carbocycles. The van der Waals surface area contributed by atoms with E-state index in [2.05, 4.69) is 12.3 Å². The molecule has 2 rings (SSSR count). The largest absolute Gasteiger partial charge is 0.243 e. The summed E-state index contributed by atoms with van der Waals surface area (Å²) in [5.41, 5.74) is 5.61. The van der Waals surface area contributed by atoms with E-state index in [1.54, 1.807) is 30.4 Å². The Morgan fingerprint density at radius 3 is 2.46 bits per heavy atom. The second-order valence-corrected chi connectivity index (χ2v) is 7.90. The van der Waals surface area contributed by atoms with Gasteiger partial charge in [-0.1, -0.05) is 42.5 Å². The highest BCUT2D eigenvalue weighted by Crippen LogP contribution is 2.22. The number of nitrogens with zero attached hydrogens (tertiary/aromatic N) is 1. The van der Waals surface area contributed by atoms with E-state index in [1.807, 2.05) is 25.1 Å². The maximum Gasteiger partial charge on any atom is 0.243 e. The van der Waals surface area contributed by atoms with Gasteiger partial charge in [0.2, 0.25) is 10.0 Å². The molecule has 1 aromatic rings. The highest BCUT2D eigenvalue weighted by molar-refractivity contribution is 7.89. The third-order valence-corrected chi connectivity index (χ3v) is 5.89. The summed E-state index contributed by atoms with van der Waals surface area (Å²) in [6, 6.07) is 6.96. The van der Waals surface area contributed by atoms with Crippen LogP contribution in [0.1, 0.15) is 31.2 Å². The minimum absolute atomic E-state index is 0.315. The van der Waals surface area contributed by atoms with Crippen molar-refractivity contribution < 1.29 is 8.42 Å². The minimum atomic E-state index is -3.53. The van der Waals surface area contributed by atoms with Crippen molar-refractivity contribution in [2.45, 2.75) is 37.5 Å². The highest BCUT2D eigenvalue weighted by Gasteiger charge is 2.22. The Morgan fingerprint density at radius 2 is 1.83 bits per heavy atom. The molecule has 1 aliphatic rings. The lowest BCUT2D eigenvalue weighted by molar-refractivity contribution is 0.474. The summed E-state index contributed by atoms with van der Waals surface area (Å²) in [7, 11) is -3.53. The standard InChI is InChI=1S/C20H25NO2S/c1-3-4-7-16-21(17-8-11-19-9-5-6-10-19)24(22,23)20-14-12-18(2)13-15-20/h3-4,7-8,12-15H,1,5-6,9-10,16-17H2,2H3/b7-4+. The van der Waals surface area contributed by atoms with Crippen molar-refractivity contribution >= 4 is 10.0 Å². The molecule has 0 spiro atoms. The van der Waals surface area contributed by atoms with E-state index in [9.17, 15) is 8.42 Å². The first kappa shape index (κ1) is 18.5. The van der Waals surface area contributed by atoms with Gasteiger partial charge in [-0.2, -0.15) is 4.31 Å². The third-order valence-electron chi connectivity index (χ3n) is 4.05. The van der Waals surface area contributed by atoms with Crippen molar-refractivity contribution in [2.24, 2.45) is 0 Å². The lowest BCUT2D eigenvalue weighted by atomic mass is 10.2. The summed E-state index contributed by atoms with van der Waals surface area (Å²) in [4.78, 5) is 0.321. The van der Waals surface area contributed by atoms with Gasteiger partial charge in [0.25, 0.3) is 0 Å². The van der Waals surface area contributed by atoms with E-state index in [0.717, 1.165) is 18.4 Å². The first-order valence-corrected chi connectivity index (χ1v) is 9.75. The molecule has 128 valence electrons. The molecule has 1 aromatic carbocycles. The molecule has 4 heteroatoms. The van der Waals surface area contributed by atoms with E-state index in [-0.39, 0.29) is 0 Å². The zero-order valence-electron chi connectivity index (χ0n) is 14.2. The Balaban J connectivity index is 2.23. The van der Waals surface area contributed by atoms with E-state index in [1.165, 1.54) is 22.7 Å². The van der Waals surface area contributed by atoms with Gasteiger partial charge in [-0.05, 0) is 56.4 Å². The SMILES string of the molecule is C=C/C=C/CN(CC=C=C1CCCC1)S(=O)(=O)c1ccc(C)cc1. The predicted molar refractivity (Wildman–Crippen MR) is 99.3 cm³/mol. The fourth-order valence-electron chi connectivity index (χ4n) is 2.64. The zero-order chi connectivity index (χ0) is 17.4. The Bertz CT molecular complexity index is 743. The molecule has 0 atom stereocenters. The normalized spacial score (nSPS) is 15.0. The molecule has 0 bridgehead atoms. The van der Waals surface area contributed by atoms with Crippen molar-refractivity contribution in [3.63, 3.8) is 0 Å². The first-order valence-electron chi connectivity index (χ1n) is 8.31. The van der Waals surface area contributed by atoms with Crippen molar-refractivity contribution in [3.8, 4) is 0 Å². The maximum atomic E-state index is 12.9. The van der Waals surface area contributed by atoms with Crippen LogP contribution in [-0.4, -0.2) is 25.8 Å². The average Bonchev–Trinajstić information content (AvgIpc) is 3.07. The number of benzene rings is 1. The van der Waals surface area contributed by atoms with Crippen LogP contribution in [0.15, 0.2) is 71.3 Å². The van der Waals surface area contributed by atoms with Gasteiger partial charge in [-0.25, -0.2) is 8.42 Å². The molecule has 0 unspecified atom stereocenters. The van der Waals surface area contributed by atoms with Gasteiger partial charge in [-0.3, -0.25) is 0 Å². The summed E-state index contributed by atoms with van der Waals surface area (Å²) in [6.45, 7) is 6.20. The molecule has 0 amide bonds. The minimum Gasteiger partial charge on any atom is -0.207 e. The van der Waals surface area contributed by atoms with Crippen molar-refractivity contribution in [1.29, 1.82) is 0 Å². The third kappa shape index (κ3) is 5.07. The molecule has 0 aromatic heterocycles. The second kappa shape index (κ2) is 8.84. The van der Waals surface area contributed by atoms with Gasteiger partial charge in [-0.15, -0.1) is 5.73 Å². The average molecular weight is 343 g/mol. The van der Waals surface area contributed by atoms with Gasteiger partial charge in [0.05, 0.1) is 4.90 Å². The van der Waals surface area contributed by atoms with E-state index in [4.69, 9.17) is 0 Å². The number of hydrogen-bond acceptors (Lipinski definition) is 2. The number of aryl methyl sites for hydroxylation is 1. The van der Waals surface area contributed by atoms with Crippen molar-refractivity contribution in [1.82, 2.24) is 4.31 Å². The summed E-state index contributed by atoms with van der Waals surface area (Å²) in [5, 5.41) is 0. The van der Waals surface area contributed by atoms with E-state index >= 15 is 0 Å². The van der Waals surface area contributed by atoms with Crippen LogP contribution in [-0.2, 0) is 10.0 Å². The number of allylic oxidation sites excluding steroid dienone is 2. The van der Waals surface area contributed by atoms with Crippen molar-refractivity contribution in [3.05, 3.63) is 72.0 Å². The topological polar surface area (TPSA) is 37.4 Å². The van der Waals surface area contributed by atoms with Gasteiger partial charge in [0, 0.05) is 13.1 Å². The molecule has 0 radical (unpaired) electrons. The molecule has 0 N–H and O–H groups in total.